The molecule has 2 aliphatic heterocycles. The molecule has 0 aliphatic carbocycles. The minimum atomic E-state index is -3.18. The number of rotatable bonds is 8. The first kappa shape index (κ1) is 24.4. The van der Waals surface area contributed by atoms with Gasteiger partial charge in [0, 0.05) is 0 Å². The maximum Gasteiger partial charge on any atom is 0.264 e. The second-order valence-corrected chi connectivity index (χ2v) is 6.84. The van der Waals surface area contributed by atoms with Crippen LogP contribution in [-0.4, -0.2) is 144 Å². The lowest BCUT2D eigenvalue weighted by molar-refractivity contribution is -0.417. The van der Waals surface area contributed by atoms with Crippen LogP contribution in [0, 0.1) is 0 Å². The number of aliphatic hydroxyl groups excluding tert-OH is 10. The number of ether oxygens (including phenoxy) is 3. The molecule has 0 saturated carbocycles. The highest BCUT2D eigenvalue weighted by Crippen LogP contribution is 2.41. The number of carbonyl (C=O) groups excluding carboxylic acids is 1. The van der Waals surface area contributed by atoms with Crippen molar-refractivity contribution in [1.29, 1.82) is 0 Å². The van der Waals surface area contributed by atoms with Crippen molar-refractivity contribution in [1.82, 2.24) is 0 Å². The molecule has 2 heterocycles. The highest BCUT2D eigenvalue weighted by Gasteiger charge is 2.66. The fourth-order valence-corrected chi connectivity index (χ4v) is 3.30. The Hall–Kier alpha value is -0.850. The summed E-state index contributed by atoms with van der Waals surface area (Å²) in [5.74, 6) is -7.50. The molecule has 0 aromatic heterocycles. The third-order valence-electron chi connectivity index (χ3n) is 5.00. The fraction of sp³-hybridized carbons (Fsp3) is 0.933. The molecule has 0 radical (unpaired) electrons. The van der Waals surface area contributed by atoms with Crippen LogP contribution in [0.3, 0.4) is 0 Å². The van der Waals surface area contributed by atoms with E-state index in [0.717, 1.165) is 0 Å². The zero-order valence-electron chi connectivity index (χ0n) is 15.1. The molecule has 10 unspecified atom stereocenters. The summed E-state index contributed by atoms with van der Waals surface area (Å²) in [6.45, 7) is -4.33. The molecular formula is C15H26O14. The molecule has 2 fully saturated rings. The predicted octanol–water partition coefficient (Wildman–Crippen LogP) is -7.10. The minimum Gasteiger partial charge on any atom is -0.394 e. The van der Waals surface area contributed by atoms with Gasteiger partial charge >= 0.3 is 0 Å². The summed E-state index contributed by atoms with van der Waals surface area (Å²) >= 11 is 0. The third-order valence-corrected chi connectivity index (χ3v) is 5.00. The molecule has 14 nitrogen and oxygen atoms in total. The standard InChI is InChI=1S/C15H26O14/c16-1-5(20)11(24)15(13(26)10(23)8(21)6(2-17)28-15)29-14(4-19)12(25)9(22)7(3-18)27-14/h5-10,12-13,16-23,25-26H,1-4H2. The Morgan fingerprint density at radius 2 is 1.41 bits per heavy atom. The van der Waals surface area contributed by atoms with E-state index in [1.807, 2.05) is 0 Å². The lowest BCUT2D eigenvalue weighted by Gasteiger charge is -2.50. The summed E-state index contributed by atoms with van der Waals surface area (Å²) in [7, 11) is 0. The van der Waals surface area contributed by atoms with Crippen LogP contribution in [0.25, 0.3) is 0 Å². The van der Waals surface area contributed by atoms with Crippen molar-refractivity contribution in [2.24, 2.45) is 0 Å². The Labute approximate surface area is 163 Å². The number of ketones is 1. The van der Waals surface area contributed by atoms with Crippen LogP contribution in [0.5, 0.6) is 0 Å². The molecule has 0 bridgehead atoms. The molecule has 2 rings (SSSR count). The maximum absolute atomic E-state index is 12.7. The van der Waals surface area contributed by atoms with Crippen molar-refractivity contribution in [2.45, 2.75) is 60.4 Å². The van der Waals surface area contributed by atoms with Crippen LogP contribution < -0.4 is 0 Å². The van der Waals surface area contributed by atoms with Crippen molar-refractivity contribution in [2.75, 3.05) is 26.4 Å². The zero-order chi connectivity index (χ0) is 22.1. The number of hydrogen-bond donors (Lipinski definition) is 10. The molecule has 170 valence electrons. The van der Waals surface area contributed by atoms with Gasteiger partial charge in [0.15, 0.2) is 0 Å². The van der Waals surface area contributed by atoms with E-state index >= 15 is 0 Å². The lowest BCUT2D eigenvalue weighted by atomic mass is 9.87. The van der Waals surface area contributed by atoms with E-state index in [0.29, 0.717) is 0 Å². The summed E-state index contributed by atoms with van der Waals surface area (Å²) in [5.41, 5.74) is 0. The number of Topliss-reactive ketones (excluding diaryl/α,β-unsaturated/α-hetero) is 1. The molecule has 10 atom stereocenters. The van der Waals surface area contributed by atoms with E-state index < -0.39 is 92.6 Å². The van der Waals surface area contributed by atoms with Gasteiger partial charge in [-0.3, -0.25) is 4.79 Å². The van der Waals surface area contributed by atoms with Crippen LogP contribution in [0.4, 0.5) is 0 Å². The Balaban J connectivity index is 2.55. The SMILES string of the molecule is O=C(C(O)CO)C1(OC2(CO)OC(CO)C(O)C2O)OC(CO)C(O)C(O)C1O. The highest BCUT2D eigenvalue weighted by molar-refractivity contribution is 5.91. The lowest BCUT2D eigenvalue weighted by Crippen LogP contribution is -2.73. The van der Waals surface area contributed by atoms with Crippen LogP contribution in [0.1, 0.15) is 0 Å². The molecule has 10 N–H and O–H groups in total. The first-order chi connectivity index (χ1) is 13.5. The second kappa shape index (κ2) is 9.11. The second-order valence-electron chi connectivity index (χ2n) is 6.84. The molecule has 2 saturated heterocycles. The van der Waals surface area contributed by atoms with E-state index in [9.17, 15) is 50.8 Å². The average Bonchev–Trinajstić information content (AvgIpc) is 2.97. The molecule has 0 aromatic rings. The Morgan fingerprint density at radius 3 is 1.86 bits per heavy atom. The molecule has 0 amide bonds. The van der Waals surface area contributed by atoms with Crippen molar-refractivity contribution in [3.8, 4) is 0 Å². The van der Waals surface area contributed by atoms with Crippen molar-refractivity contribution in [3.05, 3.63) is 0 Å². The first-order valence-electron chi connectivity index (χ1n) is 8.67. The summed E-state index contributed by atoms with van der Waals surface area (Å²) in [4.78, 5) is 12.7. The third kappa shape index (κ3) is 3.92. The smallest absolute Gasteiger partial charge is 0.264 e. The molecule has 0 aromatic carbocycles. The summed E-state index contributed by atoms with van der Waals surface area (Å²) in [6.07, 6.45) is -16.0. The quantitative estimate of drug-likeness (QED) is 0.172. The topological polar surface area (TPSA) is 247 Å². The van der Waals surface area contributed by atoms with Crippen LogP contribution in [0.15, 0.2) is 0 Å². The normalized spacial score (nSPS) is 46.6. The average molecular weight is 430 g/mol. The number of carbonyl (C=O) groups is 1. The first-order valence-corrected chi connectivity index (χ1v) is 8.67. The Bertz CT molecular complexity index is 573. The van der Waals surface area contributed by atoms with Gasteiger partial charge in [0.1, 0.15) is 55.4 Å². The van der Waals surface area contributed by atoms with Crippen LogP contribution in [0.2, 0.25) is 0 Å². The Morgan fingerprint density at radius 1 is 0.862 bits per heavy atom. The molecule has 14 heteroatoms. The summed E-state index contributed by atoms with van der Waals surface area (Å²) < 4.78 is 15.5. The number of hydrogen-bond acceptors (Lipinski definition) is 14. The van der Waals surface area contributed by atoms with Gasteiger partial charge in [-0.2, -0.15) is 0 Å². The van der Waals surface area contributed by atoms with Crippen LogP contribution >= 0.6 is 0 Å². The van der Waals surface area contributed by atoms with Crippen LogP contribution in [-0.2, 0) is 19.0 Å². The maximum atomic E-state index is 12.7. The van der Waals surface area contributed by atoms with Gasteiger partial charge in [-0.1, -0.05) is 0 Å². The van der Waals surface area contributed by atoms with E-state index in [-0.39, 0.29) is 0 Å². The molecule has 2 aliphatic rings. The minimum absolute atomic E-state index is 0.854. The molecule has 29 heavy (non-hydrogen) atoms. The van der Waals surface area contributed by atoms with Gasteiger partial charge in [-0.05, 0) is 0 Å². The zero-order valence-corrected chi connectivity index (χ0v) is 15.1. The van der Waals surface area contributed by atoms with Gasteiger partial charge in [-0.25, -0.2) is 0 Å². The Kier molecular flexibility index (Phi) is 7.67. The van der Waals surface area contributed by atoms with Crippen molar-refractivity contribution >= 4 is 5.78 Å². The van der Waals surface area contributed by atoms with Crippen molar-refractivity contribution in [3.63, 3.8) is 0 Å². The van der Waals surface area contributed by atoms with Crippen molar-refractivity contribution < 1.29 is 70.1 Å². The fourth-order valence-electron chi connectivity index (χ4n) is 3.30. The van der Waals surface area contributed by atoms with E-state index in [4.69, 9.17) is 19.3 Å². The predicted molar refractivity (Wildman–Crippen MR) is 85.7 cm³/mol. The molecule has 0 spiro atoms. The van der Waals surface area contributed by atoms with E-state index in [1.54, 1.807) is 0 Å². The van der Waals surface area contributed by atoms with Gasteiger partial charge < -0.3 is 65.3 Å². The van der Waals surface area contributed by atoms with Gasteiger partial charge in [0.2, 0.25) is 11.6 Å². The summed E-state index contributed by atoms with van der Waals surface area (Å²) in [6, 6.07) is 0. The van der Waals surface area contributed by atoms with Gasteiger partial charge in [0.25, 0.3) is 5.79 Å². The van der Waals surface area contributed by atoms with Gasteiger partial charge in [-0.15, -0.1) is 0 Å². The largest absolute Gasteiger partial charge is 0.394 e. The van der Waals surface area contributed by atoms with E-state index in [2.05, 4.69) is 0 Å². The number of aliphatic hydroxyl groups is 10. The highest BCUT2D eigenvalue weighted by atomic mass is 16.8. The monoisotopic (exact) mass is 430 g/mol. The molecular weight excluding hydrogens is 404 g/mol. The van der Waals surface area contributed by atoms with E-state index in [1.165, 1.54) is 0 Å². The van der Waals surface area contributed by atoms with Gasteiger partial charge in [0.05, 0.1) is 19.8 Å². The summed E-state index contributed by atoms with van der Waals surface area (Å²) in [5, 5.41) is 97.9.